The molecule has 0 aliphatic heterocycles. The van der Waals surface area contributed by atoms with Gasteiger partial charge in [-0.25, -0.2) is 19.9 Å². The van der Waals surface area contributed by atoms with Crippen LogP contribution in [0.4, 0.5) is 23.3 Å². The van der Waals surface area contributed by atoms with E-state index in [4.69, 9.17) is 11.5 Å². The first kappa shape index (κ1) is 38.2. The number of aliphatic hydroxyl groups is 2. The van der Waals surface area contributed by atoms with Crippen LogP contribution in [0.3, 0.4) is 0 Å². The van der Waals surface area contributed by atoms with Crippen LogP contribution in [0.25, 0.3) is 44.1 Å². The number of nitrogen functional groups attached to an aromatic ring is 2. The largest absolute Gasteiger partial charge is 0.390 e. The number of nitrogens with one attached hydrogen (secondary N) is 2. The van der Waals surface area contributed by atoms with Gasteiger partial charge in [0, 0.05) is 70.9 Å². The second kappa shape index (κ2) is 14.5. The number of pyridine rings is 6. The third kappa shape index (κ3) is 8.11. The van der Waals surface area contributed by atoms with Crippen molar-refractivity contribution in [1.29, 1.82) is 0 Å². The summed E-state index contributed by atoms with van der Waals surface area (Å²) in [6.07, 6.45) is 11.6. The van der Waals surface area contributed by atoms with Crippen molar-refractivity contribution >= 4 is 56.6 Å². The van der Waals surface area contributed by atoms with E-state index in [0.717, 1.165) is 55.2 Å². The molecule has 2 aliphatic carbocycles. The predicted octanol–water partition coefficient (Wildman–Crippen LogP) is 5.86. The maximum atomic E-state index is 12.5. The van der Waals surface area contributed by atoms with Gasteiger partial charge in [0.25, 0.3) is 0 Å². The molecule has 2 fully saturated rings. The highest BCUT2D eigenvalue weighted by molar-refractivity contribution is 6.00. The van der Waals surface area contributed by atoms with Gasteiger partial charge >= 0.3 is 0 Å². The number of aromatic nitrogens is 6. The lowest BCUT2D eigenvalue weighted by Gasteiger charge is -2.16. The second-order valence-electron chi connectivity index (χ2n) is 15.9. The van der Waals surface area contributed by atoms with E-state index in [-0.39, 0.29) is 35.5 Å². The first-order valence-electron chi connectivity index (χ1n) is 18.5. The predicted molar refractivity (Wildman–Crippen MR) is 217 cm³/mol. The van der Waals surface area contributed by atoms with Crippen LogP contribution in [0.5, 0.6) is 0 Å². The van der Waals surface area contributed by atoms with Gasteiger partial charge in [-0.2, -0.15) is 0 Å². The van der Waals surface area contributed by atoms with E-state index < -0.39 is 11.2 Å². The van der Waals surface area contributed by atoms with Crippen molar-refractivity contribution < 1.29 is 19.8 Å². The Morgan fingerprint density at radius 1 is 0.661 bits per heavy atom. The van der Waals surface area contributed by atoms with Crippen LogP contribution >= 0.6 is 0 Å². The highest BCUT2D eigenvalue weighted by atomic mass is 16.3. The number of rotatable bonds is 8. The summed E-state index contributed by atoms with van der Waals surface area (Å²) in [6.45, 7) is 10.9. The van der Waals surface area contributed by atoms with Crippen LogP contribution in [0.1, 0.15) is 51.7 Å². The smallest absolute Gasteiger partial charge is 0.229 e. The van der Waals surface area contributed by atoms with Crippen molar-refractivity contribution in [3.8, 4) is 22.5 Å². The number of nitrogens with zero attached hydrogens (tertiary/aromatic N) is 6. The summed E-state index contributed by atoms with van der Waals surface area (Å²) in [7, 11) is 0. The number of fused-ring (bicyclic) bond motifs is 2. The molecule has 0 aromatic carbocycles. The zero-order chi connectivity index (χ0) is 40.1. The molecule has 2 aliphatic rings. The molecule has 2 amide bonds. The number of amides is 2. The molecule has 4 atom stereocenters. The molecular weight excluding hydrogens is 709 g/mol. The van der Waals surface area contributed by atoms with E-state index in [1.807, 2.05) is 38.1 Å². The van der Waals surface area contributed by atoms with E-state index in [1.54, 1.807) is 77.0 Å². The van der Waals surface area contributed by atoms with E-state index in [9.17, 15) is 19.8 Å². The molecule has 2 saturated carbocycles. The fourth-order valence-corrected chi connectivity index (χ4v) is 7.19. The van der Waals surface area contributed by atoms with Gasteiger partial charge in [0.15, 0.2) is 0 Å². The molecule has 0 unspecified atom stereocenters. The van der Waals surface area contributed by atoms with Crippen molar-refractivity contribution in [3.05, 3.63) is 84.7 Å². The minimum atomic E-state index is -0.852. The molecule has 8 rings (SSSR count). The summed E-state index contributed by atoms with van der Waals surface area (Å²) >= 11 is 0. The van der Waals surface area contributed by atoms with Crippen LogP contribution in [-0.2, 0) is 9.59 Å². The molecule has 6 aromatic heterocycles. The number of hydrogen-bond donors (Lipinski definition) is 6. The zero-order valence-corrected chi connectivity index (χ0v) is 32.2. The van der Waals surface area contributed by atoms with Gasteiger partial charge < -0.3 is 32.3 Å². The number of nitrogens with two attached hydrogens (primary N) is 2. The zero-order valence-electron chi connectivity index (χ0n) is 32.2. The van der Waals surface area contributed by atoms with Crippen LogP contribution in [0.15, 0.2) is 73.6 Å². The maximum Gasteiger partial charge on any atom is 0.229 e. The third-order valence-corrected chi connectivity index (χ3v) is 10.7. The minimum absolute atomic E-state index is 0.0204. The first-order valence-corrected chi connectivity index (χ1v) is 18.5. The number of aryl methyl sites for hydroxylation is 2. The van der Waals surface area contributed by atoms with Crippen LogP contribution < -0.4 is 22.1 Å². The van der Waals surface area contributed by atoms with E-state index >= 15 is 0 Å². The Kier molecular flexibility index (Phi) is 9.89. The Bertz CT molecular complexity index is 2320. The Morgan fingerprint density at radius 3 is 1.39 bits per heavy atom. The van der Waals surface area contributed by atoms with Crippen LogP contribution in [-0.4, -0.2) is 63.1 Å². The standard InChI is InChI=1S/2C21H23N5O2/c2*1-11-4-5-23-9-14(11)17-6-12-7-18(24-10-15(12)19(22)25-17)26-20(27)13-8-16(13)21(2,3)28/h2*4-7,9-10,13,16,28H,8H2,1-3H3,(H2,22,25)(H,24,26,27)/t2*13-,16-/m10/s1. The quantitative estimate of drug-likeness (QED) is 0.107. The van der Waals surface area contributed by atoms with E-state index in [2.05, 4.69) is 40.5 Å². The SMILES string of the molecule is Cc1ccncc1-c1cc2cc(NC(=O)[C@@H]3C[C@H]3C(C)(C)O)ncc2c(N)n1.Cc1ccncc1-c1cc2cc(NC(=O)[C@H]3C[C@@H]3C(C)(C)O)ncc2c(N)n1. The van der Waals surface area contributed by atoms with Gasteiger partial charge in [-0.05, 0) is 125 Å². The Hall–Kier alpha value is -6.12. The van der Waals surface area contributed by atoms with Crippen LogP contribution in [0, 0.1) is 37.5 Å². The highest BCUT2D eigenvalue weighted by Gasteiger charge is 2.51. The molecule has 8 N–H and O–H groups in total. The summed E-state index contributed by atoms with van der Waals surface area (Å²) in [5.41, 5.74) is 15.9. The number of carbonyl (C=O) groups is 2. The summed E-state index contributed by atoms with van der Waals surface area (Å²) in [6, 6.07) is 11.3. The van der Waals surface area contributed by atoms with Crippen LogP contribution in [0.2, 0.25) is 0 Å². The highest BCUT2D eigenvalue weighted by Crippen LogP contribution is 2.47. The van der Waals surface area contributed by atoms with E-state index in [1.165, 1.54) is 0 Å². The molecular formula is C42H46N10O4. The van der Waals surface area contributed by atoms with Gasteiger partial charge in [-0.1, -0.05) is 0 Å². The van der Waals surface area contributed by atoms with Crippen molar-refractivity contribution in [1.82, 2.24) is 29.9 Å². The molecule has 14 heteroatoms. The molecule has 0 spiro atoms. The first-order chi connectivity index (χ1) is 26.5. The average molecular weight is 755 g/mol. The normalized spacial score (nSPS) is 18.9. The van der Waals surface area contributed by atoms with Gasteiger partial charge in [0.2, 0.25) is 11.8 Å². The molecule has 56 heavy (non-hydrogen) atoms. The minimum Gasteiger partial charge on any atom is -0.390 e. The summed E-state index contributed by atoms with van der Waals surface area (Å²) in [5.74, 6) is 1.02. The van der Waals surface area contributed by atoms with Crippen molar-refractivity contribution in [2.45, 2.75) is 65.6 Å². The molecule has 0 radical (unpaired) electrons. The lowest BCUT2D eigenvalue weighted by atomic mass is 10.0. The van der Waals surface area contributed by atoms with Gasteiger partial charge in [-0.3, -0.25) is 19.6 Å². The summed E-state index contributed by atoms with van der Waals surface area (Å²) in [4.78, 5) is 50.8. The maximum absolute atomic E-state index is 12.5. The lowest BCUT2D eigenvalue weighted by Crippen LogP contribution is -2.26. The fraction of sp³-hybridized carbons (Fsp3) is 0.333. The topological polar surface area (TPSA) is 228 Å². The Morgan fingerprint density at radius 2 is 1.05 bits per heavy atom. The van der Waals surface area contributed by atoms with Gasteiger partial charge in [0.05, 0.1) is 22.6 Å². The number of anilines is 4. The number of hydrogen-bond acceptors (Lipinski definition) is 12. The summed E-state index contributed by atoms with van der Waals surface area (Å²) in [5, 5.41) is 28.9. The molecule has 6 heterocycles. The van der Waals surface area contributed by atoms with Crippen molar-refractivity contribution in [2.24, 2.45) is 23.7 Å². The van der Waals surface area contributed by atoms with Crippen molar-refractivity contribution in [2.75, 3.05) is 22.1 Å². The molecule has 6 aromatic rings. The average Bonchev–Trinajstić information content (AvgIpc) is 4.05. The van der Waals surface area contributed by atoms with Gasteiger partial charge in [0.1, 0.15) is 23.3 Å². The van der Waals surface area contributed by atoms with Crippen molar-refractivity contribution in [3.63, 3.8) is 0 Å². The monoisotopic (exact) mass is 754 g/mol. The molecule has 288 valence electrons. The third-order valence-electron chi connectivity index (χ3n) is 10.7. The Labute approximate surface area is 324 Å². The lowest BCUT2D eigenvalue weighted by molar-refractivity contribution is -0.119. The fourth-order valence-electron chi connectivity index (χ4n) is 7.19. The van der Waals surface area contributed by atoms with E-state index in [0.29, 0.717) is 36.1 Å². The molecule has 14 nitrogen and oxygen atoms in total. The Balaban J connectivity index is 0.000000172. The summed E-state index contributed by atoms with van der Waals surface area (Å²) < 4.78 is 0. The number of carbonyl (C=O) groups excluding carboxylic acids is 2. The molecule has 0 bridgehead atoms. The molecule has 0 saturated heterocycles. The van der Waals surface area contributed by atoms with Gasteiger partial charge in [-0.15, -0.1) is 0 Å². The second-order valence-corrected chi connectivity index (χ2v) is 15.9.